The highest BCUT2D eigenvalue weighted by molar-refractivity contribution is 5.99. The first-order chi connectivity index (χ1) is 12.7. The molecule has 4 rings (SSSR count). The number of nitrogens with one attached hydrogen (secondary N) is 1. The van der Waals surface area contributed by atoms with Gasteiger partial charge in [-0.1, -0.05) is 0 Å². The van der Waals surface area contributed by atoms with Crippen molar-refractivity contribution < 1.29 is 19.1 Å². The van der Waals surface area contributed by atoms with Crippen LogP contribution >= 0.6 is 0 Å². The normalized spacial score (nSPS) is 15.9. The van der Waals surface area contributed by atoms with Crippen LogP contribution in [0.5, 0.6) is 11.5 Å². The van der Waals surface area contributed by atoms with Crippen molar-refractivity contribution in [1.29, 1.82) is 0 Å². The number of pyridine rings is 1. The Labute approximate surface area is 150 Å². The zero-order valence-electron chi connectivity index (χ0n) is 14.1. The molecule has 134 valence electrons. The van der Waals surface area contributed by atoms with Gasteiger partial charge in [0.05, 0.1) is 0 Å². The van der Waals surface area contributed by atoms with E-state index in [1.54, 1.807) is 41.6 Å². The summed E-state index contributed by atoms with van der Waals surface area (Å²) in [5.41, 5.74) is 1.39. The third kappa shape index (κ3) is 3.26. The van der Waals surface area contributed by atoms with Gasteiger partial charge in [-0.05, 0) is 24.3 Å². The van der Waals surface area contributed by atoms with E-state index in [2.05, 4.69) is 10.3 Å². The van der Waals surface area contributed by atoms with Gasteiger partial charge in [-0.3, -0.25) is 14.7 Å². The molecule has 0 saturated carbocycles. The van der Waals surface area contributed by atoms with Gasteiger partial charge < -0.3 is 19.7 Å². The minimum atomic E-state index is -0.242. The Kier molecular flexibility index (Phi) is 4.30. The molecule has 0 aliphatic carbocycles. The number of ether oxygens (including phenoxy) is 2. The molecule has 3 heterocycles. The molecule has 0 atom stereocenters. The summed E-state index contributed by atoms with van der Waals surface area (Å²) in [6.45, 7) is 2.02. The Hall–Kier alpha value is -3.29. The van der Waals surface area contributed by atoms with Gasteiger partial charge in [-0.25, -0.2) is 4.79 Å². The highest BCUT2D eigenvalue weighted by Crippen LogP contribution is 2.34. The number of anilines is 2. The van der Waals surface area contributed by atoms with Crippen molar-refractivity contribution in [3.63, 3.8) is 0 Å². The average Bonchev–Trinajstić information content (AvgIpc) is 3.02. The molecule has 2 aliphatic rings. The van der Waals surface area contributed by atoms with Crippen molar-refractivity contribution in [1.82, 2.24) is 9.88 Å². The predicted molar refractivity (Wildman–Crippen MR) is 94.6 cm³/mol. The van der Waals surface area contributed by atoms with Crippen LogP contribution in [0.4, 0.5) is 16.2 Å². The quantitative estimate of drug-likeness (QED) is 0.904. The third-order valence-electron chi connectivity index (χ3n) is 4.23. The molecule has 0 bridgehead atoms. The lowest BCUT2D eigenvalue weighted by molar-refractivity contribution is -0.116. The van der Waals surface area contributed by atoms with Crippen molar-refractivity contribution >= 4 is 23.3 Å². The summed E-state index contributed by atoms with van der Waals surface area (Å²) in [7, 11) is 0. The van der Waals surface area contributed by atoms with E-state index in [-0.39, 0.29) is 18.5 Å². The number of rotatable bonds is 4. The molecule has 1 N–H and O–H groups in total. The molecule has 26 heavy (non-hydrogen) atoms. The molecule has 0 spiro atoms. The Morgan fingerprint density at radius 2 is 1.85 bits per heavy atom. The number of nitrogens with zero attached hydrogens (tertiary/aromatic N) is 3. The molecule has 1 saturated heterocycles. The van der Waals surface area contributed by atoms with Gasteiger partial charge in [0.2, 0.25) is 5.91 Å². The Morgan fingerprint density at radius 3 is 2.65 bits per heavy atom. The zero-order chi connectivity index (χ0) is 17.9. The van der Waals surface area contributed by atoms with Crippen LogP contribution in [0.15, 0.2) is 42.7 Å². The summed E-state index contributed by atoms with van der Waals surface area (Å²) in [5.74, 6) is 1.07. The number of hydrogen-bond acceptors (Lipinski definition) is 5. The molecule has 3 amide bonds. The van der Waals surface area contributed by atoms with Crippen LogP contribution in [0, 0.1) is 0 Å². The third-order valence-corrected chi connectivity index (χ3v) is 4.23. The molecule has 1 aromatic carbocycles. The van der Waals surface area contributed by atoms with Crippen molar-refractivity contribution in [2.75, 3.05) is 43.1 Å². The van der Waals surface area contributed by atoms with Crippen molar-refractivity contribution in [2.24, 2.45) is 0 Å². The lowest BCUT2D eigenvalue weighted by Crippen LogP contribution is -2.37. The number of urea groups is 1. The second kappa shape index (κ2) is 6.91. The average molecular weight is 354 g/mol. The van der Waals surface area contributed by atoms with Gasteiger partial charge in [-0.2, -0.15) is 0 Å². The largest absolute Gasteiger partial charge is 0.486 e. The molecular formula is C18H18N4O4. The molecule has 2 aromatic rings. The smallest absolute Gasteiger partial charge is 0.325 e. The monoisotopic (exact) mass is 354 g/mol. The van der Waals surface area contributed by atoms with Gasteiger partial charge >= 0.3 is 6.03 Å². The van der Waals surface area contributed by atoms with Crippen LogP contribution in [0.1, 0.15) is 0 Å². The molecular weight excluding hydrogens is 336 g/mol. The van der Waals surface area contributed by atoms with Crippen LogP contribution in [0.3, 0.4) is 0 Å². The van der Waals surface area contributed by atoms with E-state index in [1.807, 2.05) is 6.07 Å². The number of hydrogen-bond donors (Lipinski definition) is 1. The van der Waals surface area contributed by atoms with Crippen LogP contribution < -0.4 is 19.7 Å². The summed E-state index contributed by atoms with van der Waals surface area (Å²) >= 11 is 0. The summed E-state index contributed by atoms with van der Waals surface area (Å²) in [4.78, 5) is 31.9. The fraction of sp³-hybridized carbons (Fsp3) is 0.278. The number of benzene rings is 1. The summed E-state index contributed by atoms with van der Waals surface area (Å²) in [6, 6.07) is 8.62. The van der Waals surface area contributed by atoms with E-state index >= 15 is 0 Å². The van der Waals surface area contributed by atoms with Crippen molar-refractivity contribution in [3.8, 4) is 11.5 Å². The minimum Gasteiger partial charge on any atom is -0.486 e. The molecule has 1 aromatic heterocycles. The maximum absolute atomic E-state index is 12.7. The SMILES string of the molecule is O=C(CN1CCN(c2ccc3c(c2)OCCO3)C1=O)Nc1ccncc1. The molecule has 2 aliphatic heterocycles. The van der Waals surface area contributed by atoms with E-state index < -0.39 is 0 Å². The molecule has 0 radical (unpaired) electrons. The first-order valence-corrected chi connectivity index (χ1v) is 8.37. The van der Waals surface area contributed by atoms with Crippen molar-refractivity contribution in [3.05, 3.63) is 42.7 Å². The van der Waals surface area contributed by atoms with Crippen LogP contribution in [0.25, 0.3) is 0 Å². The van der Waals surface area contributed by atoms with Gasteiger partial charge in [0, 0.05) is 42.9 Å². The zero-order valence-corrected chi connectivity index (χ0v) is 14.1. The highest BCUT2D eigenvalue weighted by atomic mass is 16.6. The maximum atomic E-state index is 12.7. The van der Waals surface area contributed by atoms with Crippen LogP contribution in [-0.2, 0) is 4.79 Å². The molecule has 8 nitrogen and oxygen atoms in total. The van der Waals surface area contributed by atoms with Gasteiger partial charge in [-0.15, -0.1) is 0 Å². The summed E-state index contributed by atoms with van der Waals surface area (Å²) in [5, 5.41) is 2.76. The van der Waals surface area contributed by atoms with E-state index in [0.29, 0.717) is 43.5 Å². The molecule has 8 heteroatoms. The number of carbonyl (C=O) groups is 2. The first-order valence-electron chi connectivity index (χ1n) is 8.37. The second-order valence-corrected chi connectivity index (χ2v) is 5.97. The fourth-order valence-electron chi connectivity index (χ4n) is 2.98. The summed E-state index contributed by atoms with van der Waals surface area (Å²) in [6.07, 6.45) is 3.19. The Bertz CT molecular complexity index is 827. The van der Waals surface area contributed by atoms with Crippen LogP contribution in [-0.4, -0.2) is 54.7 Å². The Balaban J connectivity index is 1.41. The van der Waals surface area contributed by atoms with Gasteiger partial charge in [0.25, 0.3) is 0 Å². The van der Waals surface area contributed by atoms with E-state index in [9.17, 15) is 9.59 Å². The fourth-order valence-corrected chi connectivity index (χ4v) is 2.98. The topological polar surface area (TPSA) is 84.0 Å². The predicted octanol–water partition coefficient (Wildman–Crippen LogP) is 1.73. The highest BCUT2D eigenvalue weighted by Gasteiger charge is 2.31. The lowest BCUT2D eigenvalue weighted by Gasteiger charge is -2.22. The number of aromatic nitrogens is 1. The van der Waals surface area contributed by atoms with E-state index in [1.165, 1.54) is 4.90 Å². The standard InChI is InChI=1S/C18H18N4O4/c23-17(20-13-3-5-19-6-4-13)12-21-7-8-22(18(21)24)14-1-2-15-16(11-14)26-10-9-25-15/h1-6,11H,7-10,12H2,(H,19,20,23). The number of amides is 3. The Morgan fingerprint density at radius 1 is 1.08 bits per heavy atom. The number of carbonyl (C=O) groups excluding carboxylic acids is 2. The molecule has 0 unspecified atom stereocenters. The summed E-state index contributed by atoms with van der Waals surface area (Å²) < 4.78 is 11.1. The van der Waals surface area contributed by atoms with E-state index in [4.69, 9.17) is 9.47 Å². The van der Waals surface area contributed by atoms with Gasteiger partial charge in [0.15, 0.2) is 11.5 Å². The van der Waals surface area contributed by atoms with Crippen LogP contribution in [0.2, 0.25) is 0 Å². The minimum absolute atomic E-state index is 0.00219. The first kappa shape index (κ1) is 16.2. The lowest BCUT2D eigenvalue weighted by atomic mass is 10.2. The molecule has 1 fully saturated rings. The maximum Gasteiger partial charge on any atom is 0.325 e. The van der Waals surface area contributed by atoms with E-state index in [0.717, 1.165) is 5.69 Å². The number of fused-ring (bicyclic) bond motifs is 1. The van der Waals surface area contributed by atoms with Crippen molar-refractivity contribution in [2.45, 2.75) is 0 Å². The van der Waals surface area contributed by atoms with Gasteiger partial charge in [0.1, 0.15) is 19.8 Å². The second-order valence-electron chi connectivity index (χ2n) is 5.97.